The fourth-order valence-corrected chi connectivity index (χ4v) is 3.08. The number of ether oxygens (including phenoxy) is 1. The topological polar surface area (TPSA) is 56.8 Å². The van der Waals surface area contributed by atoms with Crippen LogP contribution in [0.15, 0.2) is 23.8 Å². The van der Waals surface area contributed by atoms with Gasteiger partial charge in [-0.25, -0.2) is 0 Å². The summed E-state index contributed by atoms with van der Waals surface area (Å²) in [6.45, 7) is 1.36. The van der Waals surface area contributed by atoms with E-state index >= 15 is 0 Å². The Kier molecular flexibility index (Phi) is 4.11. The van der Waals surface area contributed by atoms with Crippen LogP contribution in [0.5, 0.6) is 0 Å². The van der Waals surface area contributed by atoms with Gasteiger partial charge in [0, 0.05) is 5.92 Å². The standard InChI is InChI=1S/C15H15F3N2O/c1-10-7-13(11(8-19)9-20)21-14(10,15(16,17)18)12-5-3-2-4-6-12/h3,5,7,11-13H,2,4,6H2,1H3. The number of hydrogen-bond acceptors (Lipinski definition) is 3. The predicted octanol–water partition coefficient (Wildman–Crippen LogP) is 3.65. The zero-order chi connectivity index (χ0) is 15.7. The first-order valence-electron chi connectivity index (χ1n) is 6.76. The molecular weight excluding hydrogens is 281 g/mol. The minimum absolute atomic E-state index is 0.0343. The summed E-state index contributed by atoms with van der Waals surface area (Å²) in [5.74, 6) is -2.05. The third-order valence-electron chi connectivity index (χ3n) is 4.13. The van der Waals surface area contributed by atoms with Gasteiger partial charge < -0.3 is 4.74 Å². The highest BCUT2D eigenvalue weighted by molar-refractivity contribution is 5.32. The van der Waals surface area contributed by atoms with E-state index in [1.165, 1.54) is 13.0 Å². The number of allylic oxidation sites excluding steroid dienone is 1. The zero-order valence-corrected chi connectivity index (χ0v) is 11.5. The molecule has 3 atom stereocenters. The van der Waals surface area contributed by atoms with Crippen LogP contribution >= 0.6 is 0 Å². The molecule has 1 heterocycles. The van der Waals surface area contributed by atoms with Crippen LogP contribution in [0.4, 0.5) is 13.2 Å². The second-order valence-electron chi connectivity index (χ2n) is 5.37. The lowest BCUT2D eigenvalue weighted by Gasteiger charge is -2.40. The Balaban J connectivity index is 2.43. The van der Waals surface area contributed by atoms with Crippen molar-refractivity contribution in [2.45, 2.75) is 44.1 Å². The lowest BCUT2D eigenvalue weighted by molar-refractivity contribution is -0.278. The first-order valence-corrected chi connectivity index (χ1v) is 6.76. The fraction of sp³-hybridized carbons (Fsp3) is 0.600. The third kappa shape index (κ3) is 2.45. The van der Waals surface area contributed by atoms with Crippen LogP contribution in [0.2, 0.25) is 0 Å². The molecule has 1 aliphatic heterocycles. The van der Waals surface area contributed by atoms with E-state index in [4.69, 9.17) is 15.3 Å². The fourth-order valence-electron chi connectivity index (χ4n) is 3.08. The largest absolute Gasteiger partial charge is 0.421 e. The van der Waals surface area contributed by atoms with E-state index in [1.807, 2.05) is 0 Å². The average molecular weight is 296 g/mol. The molecule has 0 aromatic heterocycles. The molecule has 0 saturated heterocycles. The number of nitrogens with zero attached hydrogens (tertiary/aromatic N) is 2. The highest BCUT2D eigenvalue weighted by Gasteiger charge is 2.64. The van der Waals surface area contributed by atoms with Gasteiger partial charge in [-0.3, -0.25) is 0 Å². The van der Waals surface area contributed by atoms with E-state index in [2.05, 4.69) is 0 Å². The molecule has 1 aliphatic carbocycles. The maximum Gasteiger partial charge on any atom is 0.421 e. The molecule has 0 saturated carbocycles. The number of alkyl halides is 3. The summed E-state index contributed by atoms with van der Waals surface area (Å²) in [5, 5.41) is 17.8. The number of halogens is 3. The first kappa shape index (κ1) is 15.6. The summed E-state index contributed by atoms with van der Waals surface area (Å²) >= 11 is 0. The highest BCUT2D eigenvalue weighted by atomic mass is 19.4. The number of hydrogen-bond donors (Lipinski definition) is 0. The molecule has 3 nitrogen and oxygen atoms in total. The highest BCUT2D eigenvalue weighted by Crippen LogP contribution is 2.52. The van der Waals surface area contributed by atoms with Crippen molar-refractivity contribution in [3.05, 3.63) is 23.8 Å². The Morgan fingerprint density at radius 1 is 1.38 bits per heavy atom. The Labute approximate surface area is 121 Å². The monoisotopic (exact) mass is 296 g/mol. The first-order chi connectivity index (χ1) is 9.86. The van der Waals surface area contributed by atoms with Gasteiger partial charge in [0.15, 0.2) is 11.5 Å². The van der Waals surface area contributed by atoms with Crippen LogP contribution < -0.4 is 0 Å². The molecule has 0 spiro atoms. The predicted molar refractivity (Wildman–Crippen MR) is 68.6 cm³/mol. The molecule has 2 aliphatic rings. The Bertz CT molecular complexity index is 539. The van der Waals surface area contributed by atoms with Gasteiger partial charge in [0.25, 0.3) is 0 Å². The molecule has 0 amide bonds. The number of nitriles is 2. The van der Waals surface area contributed by atoms with Crippen molar-refractivity contribution in [3.8, 4) is 12.1 Å². The molecule has 3 unspecified atom stereocenters. The van der Waals surface area contributed by atoms with Gasteiger partial charge in [0.1, 0.15) is 6.10 Å². The van der Waals surface area contributed by atoms with E-state index in [-0.39, 0.29) is 5.57 Å². The van der Waals surface area contributed by atoms with Crippen LogP contribution in [0, 0.1) is 34.5 Å². The normalized spacial score (nSPS) is 32.6. The summed E-state index contributed by atoms with van der Waals surface area (Å²) in [6.07, 6.45) is 0.615. The van der Waals surface area contributed by atoms with Gasteiger partial charge in [-0.1, -0.05) is 18.2 Å². The van der Waals surface area contributed by atoms with Crippen LogP contribution in [0.25, 0.3) is 0 Å². The third-order valence-corrected chi connectivity index (χ3v) is 4.13. The average Bonchev–Trinajstić information content (AvgIpc) is 2.79. The maximum atomic E-state index is 13.7. The van der Waals surface area contributed by atoms with E-state index in [9.17, 15) is 13.2 Å². The maximum absolute atomic E-state index is 13.7. The van der Waals surface area contributed by atoms with Gasteiger partial charge in [0.05, 0.1) is 12.1 Å². The van der Waals surface area contributed by atoms with Crippen molar-refractivity contribution in [3.63, 3.8) is 0 Å². The Morgan fingerprint density at radius 3 is 2.52 bits per heavy atom. The minimum Gasteiger partial charge on any atom is -0.351 e. The summed E-state index contributed by atoms with van der Waals surface area (Å²) in [4.78, 5) is 0. The molecule has 112 valence electrons. The quantitative estimate of drug-likeness (QED) is 0.731. The minimum atomic E-state index is -4.59. The van der Waals surface area contributed by atoms with E-state index in [0.29, 0.717) is 12.8 Å². The summed E-state index contributed by atoms with van der Waals surface area (Å²) in [5.41, 5.74) is -2.38. The lowest BCUT2D eigenvalue weighted by Crippen LogP contribution is -2.53. The lowest BCUT2D eigenvalue weighted by atomic mass is 9.76. The van der Waals surface area contributed by atoms with Crippen LogP contribution in [-0.2, 0) is 4.74 Å². The van der Waals surface area contributed by atoms with E-state index < -0.39 is 29.7 Å². The molecular formula is C15H15F3N2O. The van der Waals surface area contributed by atoms with Crippen molar-refractivity contribution < 1.29 is 17.9 Å². The zero-order valence-electron chi connectivity index (χ0n) is 11.5. The molecule has 2 rings (SSSR count). The second-order valence-corrected chi connectivity index (χ2v) is 5.37. The smallest absolute Gasteiger partial charge is 0.351 e. The number of rotatable bonds is 2. The van der Waals surface area contributed by atoms with E-state index in [1.54, 1.807) is 24.3 Å². The van der Waals surface area contributed by atoms with Crippen molar-refractivity contribution >= 4 is 0 Å². The van der Waals surface area contributed by atoms with Crippen molar-refractivity contribution in [2.75, 3.05) is 0 Å². The molecule has 0 aromatic rings. The molecule has 0 bridgehead atoms. The molecule has 0 aromatic carbocycles. The van der Waals surface area contributed by atoms with Crippen LogP contribution in [0.3, 0.4) is 0 Å². The SMILES string of the molecule is CC1=CC(C(C#N)C#N)OC1(C1C=CCCC1)C(F)(F)F. The Morgan fingerprint density at radius 2 is 2.05 bits per heavy atom. The molecule has 0 radical (unpaired) electrons. The van der Waals surface area contributed by atoms with Crippen molar-refractivity contribution in [1.82, 2.24) is 0 Å². The van der Waals surface area contributed by atoms with Gasteiger partial charge in [0.2, 0.25) is 0 Å². The Hall–Kier alpha value is -1.79. The van der Waals surface area contributed by atoms with Crippen LogP contribution in [-0.4, -0.2) is 17.9 Å². The van der Waals surface area contributed by atoms with Gasteiger partial charge in [-0.05, 0) is 31.8 Å². The van der Waals surface area contributed by atoms with Gasteiger partial charge in [-0.2, -0.15) is 23.7 Å². The summed E-state index contributed by atoms with van der Waals surface area (Å²) in [7, 11) is 0. The van der Waals surface area contributed by atoms with Gasteiger partial charge in [-0.15, -0.1) is 0 Å². The summed E-state index contributed by atoms with van der Waals surface area (Å²) in [6, 6.07) is 3.38. The summed E-state index contributed by atoms with van der Waals surface area (Å²) < 4.78 is 46.5. The van der Waals surface area contributed by atoms with Crippen molar-refractivity contribution in [2.24, 2.45) is 11.8 Å². The van der Waals surface area contributed by atoms with Crippen molar-refractivity contribution in [1.29, 1.82) is 10.5 Å². The second kappa shape index (κ2) is 5.54. The molecule has 21 heavy (non-hydrogen) atoms. The van der Waals surface area contributed by atoms with Gasteiger partial charge >= 0.3 is 6.18 Å². The van der Waals surface area contributed by atoms with E-state index in [0.717, 1.165) is 6.42 Å². The van der Waals surface area contributed by atoms with Crippen LogP contribution in [0.1, 0.15) is 26.2 Å². The molecule has 0 N–H and O–H groups in total. The molecule has 0 fully saturated rings. The molecule has 6 heteroatoms.